The van der Waals surface area contributed by atoms with E-state index in [9.17, 15) is 9.59 Å². The van der Waals surface area contributed by atoms with E-state index >= 15 is 0 Å². The first-order valence-corrected chi connectivity index (χ1v) is 6.04. The van der Waals surface area contributed by atoms with Crippen molar-refractivity contribution in [1.29, 1.82) is 0 Å². The van der Waals surface area contributed by atoms with Gasteiger partial charge >= 0.3 is 5.97 Å². The maximum atomic E-state index is 11.7. The van der Waals surface area contributed by atoms with E-state index in [-0.39, 0.29) is 11.4 Å². The van der Waals surface area contributed by atoms with Crippen molar-refractivity contribution in [1.82, 2.24) is 0 Å². The van der Waals surface area contributed by atoms with Gasteiger partial charge < -0.3 is 9.47 Å². The lowest BCUT2D eigenvalue weighted by Gasteiger charge is -2.32. The molecule has 4 nitrogen and oxygen atoms in total. The molecule has 2 fully saturated rings. The molecule has 1 unspecified atom stereocenters. The molecule has 1 heterocycles. The van der Waals surface area contributed by atoms with Gasteiger partial charge in [0, 0.05) is 6.42 Å². The third-order valence-electron chi connectivity index (χ3n) is 3.42. The molecule has 0 N–H and O–H groups in total. The Morgan fingerprint density at radius 1 is 1.44 bits per heavy atom. The number of esters is 1. The van der Waals surface area contributed by atoms with Crippen molar-refractivity contribution < 1.29 is 19.1 Å². The van der Waals surface area contributed by atoms with Crippen molar-refractivity contribution in [3.05, 3.63) is 0 Å². The summed E-state index contributed by atoms with van der Waals surface area (Å²) in [5, 5.41) is 0. The van der Waals surface area contributed by atoms with Crippen LogP contribution < -0.4 is 0 Å². The van der Waals surface area contributed by atoms with Crippen LogP contribution in [0.15, 0.2) is 0 Å². The molecule has 0 bridgehead atoms. The number of rotatable bonds is 2. The lowest BCUT2D eigenvalue weighted by atomic mass is 9.82. The summed E-state index contributed by atoms with van der Waals surface area (Å²) in [5.41, 5.74) is -0.354. The second-order valence-electron chi connectivity index (χ2n) is 4.64. The molecule has 1 aliphatic carbocycles. The number of ketones is 1. The van der Waals surface area contributed by atoms with E-state index in [1.165, 1.54) is 6.42 Å². The summed E-state index contributed by atoms with van der Waals surface area (Å²) in [5.74, 6) is -0.629. The minimum absolute atomic E-state index is 0.111. The normalized spacial score (nSPS) is 28.3. The molecule has 90 valence electrons. The fourth-order valence-electron chi connectivity index (χ4n) is 2.66. The van der Waals surface area contributed by atoms with Crippen LogP contribution in [0.3, 0.4) is 0 Å². The fraction of sp³-hybridized carbons (Fsp3) is 0.833. The molecule has 16 heavy (non-hydrogen) atoms. The van der Waals surface area contributed by atoms with Crippen LogP contribution >= 0.6 is 0 Å². The lowest BCUT2D eigenvalue weighted by molar-refractivity contribution is -0.164. The summed E-state index contributed by atoms with van der Waals surface area (Å²) in [4.78, 5) is 23.3. The number of Topliss-reactive ketones (excluding diaryl/α,β-unsaturated/α-hetero) is 1. The average Bonchev–Trinajstić information content (AvgIpc) is 2.57. The van der Waals surface area contributed by atoms with Gasteiger partial charge in [0.15, 0.2) is 5.78 Å². The van der Waals surface area contributed by atoms with Gasteiger partial charge in [0.05, 0.1) is 12.2 Å². The van der Waals surface area contributed by atoms with Gasteiger partial charge in [-0.1, -0.05) is 19.3 Å². The topological polar surface area (TPSA) is 52.6 Å². The summed E-state index contributed by atoms with van der Waals surface area (Å²) in [6.45, 7) is 2.02. The van der Waals surface area contributed by atoms with Crippen molar-refractivity contribution in [3.63, 3.8) is 0 Å². The van der Waals surface area contributed by atoms with Crippen molar-refractivity contribution in [3.8, 4) is 0 Å². The van der Waals surface area contributed by atoms with Crippen LogP contribution in [0.5, 0.6) is 0 Å². The molecule has 0 amide bonds. The summed E-state index contributed by atoms with van der Waals surface area (Å²) in [7, 11) is 0. The molecule has 0 aromatic carbocycles. The highest BCUT2D eigenvalue weighted by Gasteiger charge is 2.49. The summed E-state index contributed by atoms with van der Waals surface area (Å²) in [6.07, 6.45) is 4.59. The Morgan fingerprint density at radius 2 is 2.12 bits per heavy atom. The minimum Gasteiger partial charge on any atom is -0.464 e. The number of ether oxygens (including phenoxy) is 2. The quantitative estimate of drug-likeness (QED) is 0.530. The maximum Gasteiger partial charge on any atom is 0.343 e. The predicted octanol–water partition coefficient (Wildman–Crippen LogP) is 1.61. The SMILES string of the molecule is CCOC(=O)C1OC2(CCCCC2)CC1=O. The van der Waals surface area contributed by atoms with Gasteiger partial charge in [-0.3, -0.25) is 4.79 Å². The van der Waals surface area contributed by atoms with Crippen LogP contribution in [-0.2, 0) is 19.1 Å². The number of hydrogen-bond donors (Lipinski definition) is 0. The third-order valence-corrected chi connectivity index (χ3v) is 3.42. The summed E-state index contributed by atoms with van der Waals surface area (Å²) >= 11 is 0. The molecule has 1 atom stereocenters. The Kier molecular flexibility index (Phi) is 3.28. The van der Waals surface area contributed by atoms with Gasteiger partial charge in [-0.2, -0.15) is 0 Å². The van der Waals surface area contributed by atoms with E-state index in [2.05, 4.69) is 0 Å². The first-order valence-electron chi connectivity index (χ1n) is 6.04. The monoisotopic (exact) mass is 226 g/mol. The smallest absolute Gasteiger partial charge is 0.343 e. The highest BCUT2D eigenvalue weighted by molar-refractivity contribution is 6.03. The van der Waals surface area contributed by atoms with Crippen LogP contribution in [0.2, 0.25) is 0 Å². The minimum atomic E-state index is -0.960. The van der Waals surface area contributed by atoms with Gasteiger partial charge in [-0.25, -0.2) is 4.79 Å². The second kappa shape index (κ2) is 4.53. The zero-order valence-corrected chi connectivity index (χ0v) is 9.66. The van der Waals surface area contributed by atoms with E-state index < -0.39 is 12.1 Å². The molecule has 0 radical (unpaired) electrons. The molecule has 0 aromatic heterocycles. The highest BCUT2D eigenvalue weighted by Crippen LogP contribution is 2.40. The van der Waals surface area contributed by atoms with Crippen LogP contribution in [-0.4, -0.2) is 30.1 Å². The zero-order valence-electron chi connectivity index (χ0n) is 9.66. The zero-order chi connectivity index (χ0) is 11.6. The van der Waals surface area contributed by atoms with E-state index in [0.717, 1.165) is 25.7 Å². The second-order valence-corrected chi connectivity index (χ2v) is 4.64. The van der Waals surface area contributed by atoms with Gasteiger partial charge in [0.1, 0.15) is 0 Å². The van der Waals surface area contributed by atoms with Crippen molar-refractivity contribution in [2.75, 3.05) is 6.61 Å². The van der Waals surface area contributed by atoms with E-state index in [1.54, 1.807) is 6.92 Å². The van der Waals surface area contributed by atoms with Crippen LogP contribution in [0.25, 0.3) is 0 Å². The number of carbonyl (C=O) groups is 2. The van der Waals surface area contributed by atoms with Crippen molar-refractivity contribution in [2.24, 2.45) is 0 Å². The fourth-order valence-corrected chi connectivity index (χ4v) is 2.66. The molecule has 1 saturated heterocycles. The van der Waals surface area contributed by atoms with Crippen LogP contribution in [0, 0.1) is 0 Å². The standard InChI is InChI=1S/C12H18O4/c1-2-15-11(14)10-9(13)8-12(16-10)6-4-3-5-7-12/h10H,2-8H2,1H3. The van der Waals surface area contributed by atoms with Crippen molar-refractivity contribution in [2.45, 2.75) is 57.2 Å². The molecule has 1 saturated carbocycles. The van der Waals surface area contributed by atoms with Crippen molar-refractivity contribution >= 4 is 11.8 Å². The first kappa shape index (κ1) is 11.6. The molecular formula is C12H18O4. The third kappa shape index (κ3) is 2.12. The van der Waals surface area contributed by atoms with E-state index in [4.69, 9.17) is 9.47 Å². The summed E-state index contributed by atoms with van der Waals surface area (Å²) < 4.78 is 10.5. The Balaban J connectivity index is 2.03. The Morgan fingerprint density at radius 3 is 2.75 bits per heavy atom. The number of hydrogen-bond acceptors (Lipinski definition) is 4. The van der Waals surface area contributed by atoms with Gasteiger partial charge in [0.25, 0.3) is 0 Å². The largest absolute Gasteiger partial charge is 0.464 e. The van der Waals surface area contributed by atoms with E-state index in [1.807, 2.05) is 0 Å². The van der Waals surface area contributed by atoms with Gasteiger partial charge in [-0.15, -0.1) is 0 Å². The predicted molar refractivity (Wildman–Crippen MR) is 56.9 cm³/mol. The molecule has 2 aliphatic rings. The molecule has 0 aromatic rings. The van der Waals surface area contributed by atoms with Gasteiger partial charge in [-0.05, 0) is 19.8 Å². The Bertz CT molecular complexity index is 291. The Hall–Kier alpha value is -0.900. The molecule has 4 heteroatoms. The first-order chi connectivity index (χ1) is 7.67. The molecular weight excluding hydrogens is 208 g/mol. The summed E-state index contributed by atoms with van der Waals surface area (Å²) in [6, 6.07) is 0. The molecule has 1 aliphatic heterocycles. The lowest BCUT2D eigenvalue weighted by Crippen LogP contribution is -2.34. The van der Waals surface area contributed by atoms with E-state index in [0.29, 0.717) is 13.0 Å². The maximum absolute atomic E-state index is 11.7. The number of carbonyl (C=O) groups excluding carboxylic acids is 2. The van der Waals surface area contributed by atoms with Crippen LogP contribution in [0.4, 0.5) is 0 Å². The molecule has 2 rings (SSSR count). The molecule has 1 spiro atoms. The average molecular weight is 226 g/mol. The highest BCUT2D eigenvalue weighted by atomic mass is 16.6. The van der Waals surface area contributed by atoms with Gasteiger partial charge in [0.2, 0.25) is 6.10 Å². The Labute approximate surface area is 95.3 Å². The van der Waals surface area contributed by atoms with Crippen LogP contribution in [0.1, 0.15) is 45.4 Å².